The van der Waals surface area contributed by atoms with Gasteiger partial charge in [0.25, 0.3) is 0 Å². The van der Waals surface area contributed by atoms with E-state index in [9.17, 15) is 0 Å². The largest absolute Gasteiger partial charge is 0.397 e. The normalized spacial score (nSPS) is 10.1. The smallest absolute Gasteiger partial charge is 0.125 e. The molecule has 0 atom stereocenters. The molecule has 0 aliphatic heterocycles. The van der Waals surface area contributed by atoms with Gasteiger partial charge in [-0.25, -0.2) is 9.97 Å². The van der Waals surface area contributed by atoms with Crippen molar-refractivity contribution in [2.45, 2.75) is 6.92 Å². The van der Waals surface area contributed by atoms with Gasteiger partial charge in [-0.1, -0.05) is 0 Å². The zero-order valence-electron chi connectivity index (χ0n) is 7.81. The van der Waals surface area contributed by atoms with E-state index < -0.39 is 0 Å². The van der Waals surface area contributed by atoms with E-state index >= 15 is 0 Å². The molecule has 0 aliphatic rings. The number of nitrogens with two attached hydrogens (primary N) is 1. The lowest BCUT2D eigenvalue weighted by molar-refractivity contribution is 1.05. The molecule has 0 spiro atoms. The number of nitrogens with zero attached hydrogens (tertiary/aromatic N) is 3. The van der Waals surface area contributed by atoms with Gasteiger partial charge in [0.15, 0.2) is 0 Å². The molecule has 0 fully saturated rings. The molecule has 2 heterocycles. The molecule has 0 aromatic carbocycles. The molecule has 4 heteroatoms. The van der Waals surface area contributed by atoms with Gasteiger partial charge >= 0.3 is 0 Å². The summed E-state index contributed by atoms with van der Waals surface area (Å²) in [5.41, 5.74) is 7.98. The Morgan fingerprint density at radius 2 is 1.86 bits per heavy atom. The number of pyridine rings is 1. The average Bonchev–Trinajstić information content (AvgIpc) is 2.20. The van der Waals surface area contributed by atoms with Crippen LogP contribution in [0.3, 0.4) is 0 Å². The van der Waals surface area contributed by atoms with Crippen LogP contribution < -0.4 is 5.73 Å². The molecule has 0 saturated carbocycles. The van der Waals surface area contributed by atoms with Crippen molar-refractivity contribution in [2.24, 2.45) is 0 Å². The monoisotopic (exact) mass is 186 g/mol. The molecule has 70 valence electrons. The third-order valence-electron chi connectivity index (χ3n) is 1.89. The summed E-state index contributed by atoms with van der Waals surface area (Å²) in [5.74, 6) is 0.739. The molecule has 0 saturated heterocycles. The maximum Gasteiger partial charge on any atom is 0.125 e. The van der Waals surface area contributed by atoms with E-state index in [1.165, 1.54) is 0 Å². The number of anilines is 1. The summed E-state index contributed by atoms with van der Waals surface area (Å²) in [6, 6.07) is 3.61. The van der Waals surface area contributed by atoms with Crippen molar-refractivity contribution in [1.29, 1.82) is 0 Å². The van der Waals surface area contributed by atoms with Gasteiger partial charge in [-0.3, -0.25) is 4.98 Å². The number of aromatic nitrogens is 3. The van der Waals surface area contributed by atoms with Crippen molar-refractivity contribution in [2.75, 3.05) is 5.73 Å². The van der Waals surface area contributed by atoms with Crippen LogP contribution in [0.2, 0.25) is 0 Å². The molecular weight excluding hydrogens is 176 g/mol. The molecule has 2 aromatic rings. The van der Waals surface area contributed by atoms with Crippen LogP contribution in [0.4, 0.5) is 5.69 Å². The van der Waals surface area contributed by atoms with E-state index in [4.69, 9.17) is 5.73 Å². The van der Waals surface area contributed by atoms with Gasteiger partial charge in [0, 0.05) is 24.2 Å². The first-order valence-corrected chi connectivity index (χ1v) is 4.27. The quantitative estimate of drug-likeness (QED) is 0.731. The third kappa shape index (κ3) is 1.54. The summed E-state index contributed by atoms with van der Waals surface area (Å²) in [4.78, 5) is 12.4. The van der Waals surface area contributed by atoms with Crippen molar-refractivity contribution >= 4 is 5.69 Å². The third-order valence-corrected chi connectivity index (χ3v) is 1.89. The fourth-order valence-electron chi connectivity index (χ4n) is 1.17. The van der Waals surface area contributed by atoms with Crippen LogP contribution in [0, 0.1) is 6.92 Å². The fourth-order valence-corrected chi connectivity index (χ4v) is 1.17. The molecule has 14 heavy (non-hydrogen) atoms. The molecule has 0 amide bonds. The molecule has 2 rings (SSSR count). The van der Waals surface area contributed by atoms with Crippen LogP contribution in [0.5, 0.6) is 0 Å². The van der Waals surface area contributed by atoms with Crippen LogP contribution >= 0.6 is 0 Å². The average molecular weight is 186 g/mol. The maximum absolute atomic E-state index is 5.77. The number of hydrogen-bond donors (Lipinski definition) is 1. The predicted molar refractivity (Wildman–Crippen MR) is 54.4 cm³/mol. The Morgan fingerprint density at radius 1 is 1.14 bits per heavy atom. The highest BCUT2D eigenvalue weighted by Crippen LogP contribution is 2.20. The van der Waals surface area contributed by atoms with Crippen LogP contribution in [0.1, 0.15) is 5.82 Å². The Kier molecular flexibility index (Phi) is 2.10. The second-order valence-corrected chi connectivity index (χ2v) is 2.96. The van der Waals surface area contributed by atoms with E-state index in [0.717, 1.165) is 17.1 Å². The van der Waals surface area contributed by atoms with Crippen molar-refractivity contribution in [3.8, 4) is 11.3 Å². The minimum atomic E-state index is 0.639. The van der Waals surface area contributed by atoms with Gasteiger partial charge in [-0.2, -0.15) is 0 Å². The first-order chi connectivity index (χ1) is 6.77. The van der Waals surface area contributed by atoms with Crippen molar-refractivity contribution in [1.82, 2.24) is 15.0 Å². The summed E-state index contributed by atoms with van der Waals surface area (Å²) < 4.78 is 0. The lowest BCUT2D eigenvalue weighted by atomic mass is 10.2. The first kappa shape index (κ1) is 8.62. The van der Waals surface area contributed by atoms with E-state index in [0.29, 0.717) is 5.69 Å². The van der Waals surface area contributed by atoms with E-state index in [1.807, 2.05) is 13.0 Å². The highest BCUT2D eigenvalue weighted by molar-refractivity contribution is 5.70. The van der Waals surface area contributed by atoms with Crippen LogP contribution in [0.15, 0.2) is 30.7 Å². The van der Waals surface area contributed by atoms with Gasteiger partial charge in [-0.15, -0.1) is 0 Å². The molecule has 2 aromatic heterocycles. The number of rotatable bonds is 1. The van der Waals surface area contributed by atoms with E-state index in [2.05, 4.69) is 15.0 Å². The zero-order valence-corrected chi connectivity index (χ0v) is 7.81. The van der Waals surface area contributed by atoms with Gasteiger partial charge in [0.05, 0.1) is 11.4 Å². The minimum absolute atomic E-state index is 0.639. The SMILES string of the molecule is Cc1ncc(-c2ncccc2N)cn1. The standard InChI is InChI=1S/C10H10N4/c1-7-13-5-8(6-14-7)10-9(11)3-2-4-12-10/h2-6H,11H2,1H3. The van der Waals surface area contributed by atoms with E-state index in [1.54, 1.807) is 24.7 Å². The second-order valence-electron chi connectivity index (χ2n) is 2.96. The van der Waals surface area contributed by atoms with Crippen molar-refractivity contribution in [3.05, 3.63) is 36.5 Å². The first-order valence-electron chi connectivity index (χ1n) is 4.27. The number of hydrogen-bond acceptors (Lipinski definition) is 4. The number of aryl methyl sites for hydroxylation is 1. The Morgan fingerprint density at radius 3 is 2.50 bits per heavy atom. The van der Waals surface area contributed by atoms with Crippen molar-refractivity contribution in [3.63, 3.8) is 0 Å². The van der Waals surface area contributed by atoms with Crippen LogP contribution in [0.25, 0.3) is 11.3 Å². The summed E-state index contributed by atoms with van der Waals surface area (Å²) in [6.45, 7) is 1.84. The molecule has 0 bridgehead atoms. The van der Waals surface area contributed by atoms with Crippen LogP contribution in [-0.2, 0) is 0 Å². The Balaban J connectivity index is 2.50. The summed E-state index contributed by atoms with van der Waals surface area (Å²) in [7, 11) is 0. The van der Waals surface area contributed by atoms with Gasteiger partial charge < -0.3 is 5.73 Å². The summed E-state index contributed by atoms with van der Waals surface area (Å²) in [5, 5.41) is 0. The highest BCUT2D eigenvalue weighted by Gasteiger charge is 2.03. The van der Waals surface area contributed by atoms with Gasteiger partial charge in [0.1, 0.15) is 5.82 Å². The molecule has 2 N–H and O–H groups in total. The molecule has 4 nitrogen and oxygen atoms in total. The zero-order chi connectivity index (χ0) is 9.97. The van der Waals surface area contributed by atoms with Gasteiger partial charge in [0.2, 0.25) is 0 Å². The van der Waals surface area contributed by atoms with Crippen LogP contribution in [-0.4, -0.2) is 15.0 Å². The summed E-state index contributed by atoms with van der Waals surface area (Å²) in [6.07, 6.45) is 5.15. The molecule has 0 unspecified atom stereocenters. The Hall–Kier alpha value is -1.97. The lowest BCUT2D eigenvalue weighted by Gasteiger charge is -2.02. The second kappa shape index (κ2) is 3.41. The van der Waals surface area contributed by atoms with Gasteiger partial charge in [-0.05, 0) is 19.1 Å². The lowest BCUT2D eigenvalue weighted by Crippen LogP contribution is -1.94. The predicted octanol–water partition coefficient (Wildman–Crippen LogP) is 1.43. The number of nitrogen functional groups attached to an aromatic ring is 1. The maximum atomic E-state index is 5.77. The topological polar surface area (TPSA) is 64.7 Å². The molecular formula is C10H10N4. The minimum Gasteiger partial charge on any atom is -0.397 e. The highest BCUT2D eigenvalue weighted by atomic mass is 14.9. The molecule has 0 radical (unpaired) electrons. The molecule has 0 aliphatic carbocycles. The summed E-state index contributed by atoms with van der Waals surface area (Å²) >= 11 is 0. The Labute approximate surface area is 81.9 Å². The Bertz CT molecular complexity index is 436. The van der Waals surface area contributed by atoms with Crippen molar-refractivity contribution < 1.29 is 0 Å². The van der Waals surface area contributed by atoms with E-state index in [-0.39, 0.29) is 0 Å². The fraction of sp³-hybridized carbons (Fsp3) is 0.100.